The number of methoxy groups -OCH3 is 1. The number of hydrogen-bond acceptors (Lipinski definition) is 4. The van der Waals surface area contributed by atoms with Gasteiger partial charge in [-0.05, 0) is 53.6 Å². The van der Waals surface area contributed by atoms with Gasteiger partial charge in [0.2, 0.25) is 0 Å². The Bertz CT molecular complexity index is 1320. The summed E-state index contributed by atoms with van der Waals surface area (Å²) in [6.45, 7) is 1.68. The van der Waals surface area contributed by atoms with Crippen LogP contribution in [0.15, 0.2) is 84.9 Å². The van der Waals surface area contributed by atoms with Crippen LogP contribution in [0.4, 0.5) is 11.4 Å². The summed E-state index contributed by atoms with van der Waals surface area (Å²) in [7, 11) is 1.54. The van der Waals surface area contributed by atoms with Crippen LogP contribution in [0.25, 0.3) is 10.8 Å². The number of fused-ring (bicyclic) bond motifs is 1. The van der Waals surface area contributed by atoms with E-state index in [0.29, 0.717) is 22.7 Å². The fraction of sp³-hybridized carbons (Fsp3) is 0.111. The maximum Gasteiger partial charge on any atom is 0.262 e. The molecule has 6 heteroatoms. The predicted molar refractivity (Wildman–Crippen MR) is 130 cm³/mol. The van der Waals surface area contributed by atoms with E-state index in [1.54, 1.807) is 31.4 Å². The van der Waals surface area contributed by atoms with Crippen LogP contribution in [0.1, 0.15) is 15.9 Å². The van der Waals surface area contributed by atoms with Gasteiger partial charge >= 0.3 is 0 Å². The number of hydrogen-bond donors (Lipinski definition) is 2. The lowest BCUT2D eigenvalue weighted by molar-refractivity contribution is -0.118. The molecule has 0 radical (unpaired) electrons. The maximum absolute atomic E-state index is 13.2. The number of aryl methyl sites for hydroxylation is 1. The van der Waals surface area contributed by atoms with Gasteiger partial charge in [-0.3, -0.25) is 9.59 Å². The van der Waals surface area contributed by atoms with Gasteiger partial charge in [-0.25, -0.2) is 0 Å². The van der Waals surface area contributed by atoms with E-state index < -0.39 is 0 Å². The van der Waals surface area contributed by atoms with E-state index >= 15 is 0 Å². The molecule has 2 N–H and O–H groups in total. The summed E-state index contributed by atoms with van der Waals surface area (Å²) in [6.07, 6.45) is 0. The quantitative estimate of drug-likeness (QED) is 0.402. The molecule has 0 fully saturated rings. The number of benzene rings is 4. The lowest BCUT2D eigenvalue weighted by Gasteiger charge is -2.15. The summed E-state index contributed by atoms with van der Waals surface area (Å²) < 4.78 is 11.2. The van der Waals surface area contributed by atoms with Crippen LogP contribution in [0.5, 0.6) is 11.5 Å². The average molecular weight is 440 g/mol. The highest BCUT2D eigenvalue weighted by molar-refractivity contribution is 6.09. The molecule has 0 saturated carbocycles. The van der Waals surface area contributed by atoms with Crippen LogP contribution in [-0.4, -0.2) is 25.5 Å². The van der Waals surface area contributed by atoms with Crippen molar-refractivity contribution in [1.29, 1.82) is 0 Å². The van der Waals surface area contributed by atoms with Crippen molar-refractivity contribution in [2.24, 2.45) is 0 Å². The lowest BCUT2D eigenvalue weighted by atomic mass is 10.1. The number of amides is 2. The molecule has 0 heterocycles. The normalized spacial score (nSPS) is 10.5. The van der Waals surface area contributed by atoms with E-state index in [1.165, 1.54) is 0 Å². The van der Waals surface area contributed by atoms with E-state index in [2.05, 4.69) is 10.6 Å². The molecule has 6 nitrogen and oxygen atoms in total. The first-order valence-corrected chi connectivity index (χ1v) is 10.5. The molecule has 2 amide bonds. The Morgan fingerprint density at radius 2 is 1.39 bits per heavy atom. The largest absolute Gasteiger partial charge is 0.495 e. The number of rotatable bonds is 7. The SMILES string of the molecule is COc1ccccc1NC(=O)c1cc2ccccc2cc1OCC(=O)Nc1ccccc1C. The van der Waals surface area contributed by atoms with Gasteiger partial charge in [-0.1, -0.05) is 54.6 Å². The third-order valence-corrected chi connectivity index (χ3v) is 5.23. The highest BCUT2D eigenvalue weighted by Crippen LogP contribution is 2.29. The van der Waals surface area contributed by atoms with Crippen molar-refractivity contribution in [2.75, 3.05) is 24.4 Å². The number of carbonyl (C=O) groups excluding carboxylic acids is 2. The van der Waals surface area contributed by atoms with Gasteiger partial charge in [0.05, 0.1) is 18.4 Å². The van der Waals surface area contributed by atoms with Crippen molar-refractivity contribution < 1.29 is 19.1 Å². The van der Waals surface area contributed by atoms with E-state index in [1.807, 2.05) is 67.6 Å². The molecule has 0 aliphatic carbocycles. The summed E-state index contributed by atoms with van der Waals surface area (Å²) in [5.41, 5.74) is 2.54. The minimum Gasteiger partial charge on any atom is -0.495 e. The predicted octanol–water partition coefficient (Wildman–Crippen LogP) is 5.43. The van der Waals surface area contributed by atoms with Crippen molar-refractivity contribution in [1.82, 2.24) is 0 Å². The summed E-state index contributed by atoms with van der Waals surface area (Å²) in [6, 6.07) is 25.9. The average Bonchev–Trinajstić information content (AvgIpc) is 2.84. The highest BCUT2D eigenvalue weighted by atomic mass is 16.5. The summed E-state index contributed by atoms with van der Waals surface area (Å²) in [4.78, 5) is 25.7. The molecular formula is C27H24N2O4. The number of carbonyl (C=O) groups is 2. The fourth-order valence-electron chi connectivity index (χ4n) is 3.50. The lowest BCUT2D eigenvalue weighted by Crippen LogP contribution is -2.22. The van der Waals surface area contributed by atoms with Crippen LogP contribution >= 0.6 is 0 Å². The Hall–Kier alpha value is -4.32. The topological polar surface area (TPSA) is 76.7 Å². The first kappa shape index (κ1) is 21.9. The molecule has 4 aromatic rings. The van der Waals surface area contributed by atoms with E-state index in [0.717, 1.165) is 22.0 Å². The number of ether oxygens (including phenoxy) is 2. The van der Waals surface area contributed by atoms with Crippen molar-refractivity contribution in [3.8, 4) is 11.5 Å². The second kappa shape index (κ2) is 9.87. The van der Waals surface area contributed by atoms with Crippen molar-refractivity contribution in [3.05, 3.63) is 96.1 Å². The molecule has 0 atom stereocenters. The Morgan fingerprint density at radius 3 is 2.12 bits per heavy atom. The molecule has 0 spiro atoms. The molecule has 33 heavy (non-hydrogen) atoms. The standard InChI is InChI=1S/C27H24N2O4/c1-18-9-3-6-12-22(18)28-26(30)17-33-25-16-20-11-5-4-10-19(20)15-21(25)27(31)29-23-13-7-8-14-24(23)32-2/h3-16H,17H2,1-2H3,(H,28,30)(H,29,31). The Balaban J connectivity index is 1.58. The Morgan fingerprint density at radius 1 is 0.758 bits per heavy atom. The highest BCUT2D eigenvalue weighted by Gasteiger charge is 2.17. The van der Waals surface area contributed by atoms with Crippen LogP contribution in [0.3, 0.4) is 0 Å². The van der Waals surface area contributed by atoms with Gasteiger partial charge in [0.1, 0.15) is 11.5 Å². The minimum absolute atomic E-state index is 0.235. The van der Waals surface area contributed by atoms with Crippen LogP contribution < -0.4 is 20.1 Å². The molecule has 0 aliphatic rings. The zero-order valence-electron chi connectivity index (χ0n) is 18.4. The zero-order valence-corrected chi connectivity index (χ0v) is 18.4. The monoisotopic (exact) mass is 440 g/mol. The van der Waals surface area contributed by atoms with Gasteiger partial charge in [-0.15, -0.1) is 0 Å². The van der Waals surface area contributed by atoms with Gasteiger partial charge in [0.25, 0.3) is 11.8 Å². The van der Waals surface area contributed by atoms with Crippen molar-refractivity contribution >= 4 is 34.0 Å². The Kier molecular flexibility index (Phi) is 6.55. The second-order valence-electron chi connectivity index (χ2n) is 7.50. The maximum atomic E-state index is 13.2. The van der Waals surface area contributed by atoms with Crippen molar-refractivity contribution in [3.63, 3.8) is 0 Å². The third-order valence-electron chi connectivity index (χ3n) is 5.23. The number of para-hydroxylation sites is 3. The minimum atomic E-state index is -0.362. The van der Waals surface area contributed by atoms with Gasteiger partial charge in [-0.2, -0.15) is 0 Å². The van der Waals surface area contributed by atoms with E-state index in [-0.39, 0.29) is 18.4 Å². The van der Waals surface area contributed by atoms with E-state index in [9.17, 15) is 9.59 Å². The van der Waals surface area contributed by atoms with Crippen LogP contribution in [-0.2, 0) is 4.79 Å². The molecule has 4 rings (SSSR count). The second-order valence-corrected chi connectivity index (χ2v) is 7.50. The molecule has 0 aliphatic heterocycles. The van der Waals surface area contributed by atoms with E-state index in [4.69, 9.17) is 9.47 Å². The summed E-state index contributed by atoms with van der Waals surface area (Å²) >= 11 is 0. The molecule has 4 aromatic carbocycles. The molecular weight excluding hydrogens is 416 g/mol. The Labute approximate surface area is 192 Å². The van der Waals surface area contributed by atoms with Gasteiger partial charge < -0.3 is 20.1 Å². The molecule has 166 valence electrons. The first-order chi connectivity index (χ1) is 16.0. The first-order valence-electron chi connectivity index (χ1n) is 10.5. The fourth-order valence-corrected chi connectivity index (χ4v) is 3.50. The third kappa shape index (κ3) is 5.13. The van der Waals surface area contributed by atoms with Gasteiger partial charge in [0.15, 0.2) is 6.61 Å². The smallest absolute Gasteiger partial charge is 0.262 e. The number of nitrogens with one attached hydrogen (secondary N) is 2. The van der Waals surface area contributed by atoms with Gasteiger partial charge in [0, 0.05) is 5.69 Å². The molecule has 0 saturated heterocycles. The molecule has 0 bridgehead atoms. The summed E-state index contributed by atoms with van der Waals surface area (Å²) in [5.74, 6) is 0.195. The van der Waals surface area contributed by atoms with Crippen molar-refractivity contribution in [2.45, 2.75) is 6.92 Å². The summed E-state index contributed by atoms with van der Waals surface area (Å²) in [5, 5.41) is 7.51. The zero-order chi connectivity index (χ0) is 23.2. The molecule has 0 aromatic heterocycles. The number of anilines is 2. The van der Waals surface area contributed by atoms with Crippen LogP contribution in [0, 0.1) is 6.92 Å². The van der Waals surface area contributed by atoms with Crippen LogP contribution in [0.2, 0.25) is 0 Å². The molecule has 0 unspecified atom stereocenters.